The zero-order chi connectivity index (χ0) is 12.9. The largest absolute Gasteiger partial charge is 0.378 e. The van der Waals surface area contributed by atoms with Crippen LogP contribution in [0.3, 0.4) is 0 Å². The average molecular weight is 264 g/mol. The lowest BCUT2D eigenvalue weighted by Crippen LogP contribution is -2.30. The Bertz CT molecular complexity index is 712. The Morgan fingerprint density at radius 2 is 1.61 bits per heavy atom. The van der Waals surface area contributed by atoms with E-state index in [9.17, 15) is 18.0 Å². The molecule has 0 amide bonds. The summed E-state index contributed by atoms with van der Waals surface area (Å²) in [5.74, 6) is -1.46. The third kappa shape index (κ3) is 1.49. The van der Waals surface area contributed by atoms with Gasteiger partial charge >= 0.3 is 10.1 Å². The highest BCUT2D eigenvalue weighted by molar-refractivity contribution is 7.86. The Balaban J connectivity index is 2.22. The van der Waals surface area contributed by atoms with E-state index in [1.54, 1.807) is 18.2 Å². The molecule has 5 nitrogen and oxygen atoms in total. The highest BCUT2D eigenvalue weighted by Crippen LogP contribution is 2.32. The van der Waals surface area contributed by atoms with Crippen LogP contribution in [0.15, 0.2) is 35.6 Å². The van der Waals surface area contributed by atoms with E-state index < -0.39 is 15.9 Å². The maximum absolute atomic E-state index is 12.1. The highest BCUT2D eigenvalue weighted by Gasteiger charge is 2.39. The van der Waals surface area contributed by atoms with Gasteiger partial charge in [-0.3, -0.25) is 9.59 Å². The molecular weight excluding hydrogens is 256 g/mol. The Hall–Kier alpha value is -1.95. The van der Waals surface area contributed by atoms with Crippen LogP contribution in [0, 0.1) is 0 Å². The number of fused-ring (bicyclic) bond motifs is 1. The summed E-state index contributed by atoms with van der Waals surface area (Å²) >= 11 is 0. The first-order valence-electron chi connectivity index (χ1n) is 5.33. The minimum absolute atomic E-state index is 0.0244. The van der Waals surface area contributed by atoms with E-state index in [-0.39, 0.29) is 34.9 Å². The fraction of sp³-hybridized carbons (Fsp3) is 0.167. The van der Waals surface area contributed by atoms with Crippen LogP contribution < -0.4 is 0 Å². The molecule has 0 saturated carbocycles. The van der Waals surface area contributed by atoms with Crippen molar-refractivity contribution in [1.82, 2.24) is 0 Å². The first-order valence-corrected chi connectivity index (χ1v) is 6.91. The van der Waals surface area contributed by atoms with Gasteiger partial charge in [-0.25, -0.2) is 0 Å². The van der Waals surface area contributed by atoms with Crippen LogP contribution in [0.1, 0.15) is 27.1 Å². The molecule has 0 bridgehead atoms. The van der Waals surface area contributed by atoms with Crippen molar-refractivity contribution in [2.24, 2.45) is 0 Å². The van der Waals surface area contributed by atoms with Crippen molar-refractivity contribution < 1.29 is 22.2 Å². The summed E-state index contributed by atoms with van der Waals surface area (Å²) in [6.45, 7) is 0. The number of Topliss-reactive ketones (excluding diaryl/α,β-unsaturated/α-hetero) is 2. The van der Waals surface area contributed by atoms with Crippen LogP contribution in [0.25, 0.3) is 0 Å². The fourth-order valence-corrected chi connectivity index (χ4v) is 3.08. The first kappa shape index (κ1) is 11.2. The van der Waals surface area contributed by atoms with Crippen molar-refractivity contribution in [1.29, 1.82) is 0 Å². The molecule has 18 heavy (non-hydrogen) atoms. The topological polar surface area (TPSA) is 77.5 Å². The van der Waals surface area contributed by atoms with Crippen LogP contribution in [0.2, 0.25) is 0 Å². The summed E-state index contributed by atoms with van der Waals surface area (Å²) in [7, 11) is -3.74. The standard InChI is InChI=1S/C12H8O5S/c13-10-7-3-1-2-4-8(7)11(14)12-9(10)5-6-18(15,16)17-12/h1-4H,5-6H2. The van der Waals surface area contributed by atoms with Gasteiger partial charge in [0.25, 0.3) is 0 Å². The Labute approximate surface area is 103 Å². The lowest BCUT2D eigenvalue weighted by Gasteiger charge is -2.23. The first-order chi connectivity index (χ1) is 8.49. The molecule has 1 aromatic rings. The monoisotopic (exact) mass is 264 g/mol. The minimum atomic E-state index is -3.74. The average Bonchev–Trinajstić information content (AvgIpc) is 2.35. The Morgan fingerprint density at radius 1 is 1.00 bits per heavy atom. The number of allylic oxidation sites excluding steroid dienone is 2. The maximum Gasteiger partial charge on any atom is 0.309 e. The van der Waals surface area contributed by atoms with Gasteiger partial charge in [-0.15, -0.1) is 0 Å². The minimum Gasteiger partial charge on any atom is -0.378 e. The highest BCUT2D eigenvalue weighted by atomic mass is 32.2. The van der Waals surface area contributed by atoms with Gasteiger partial charge in [0.15, 0.2) is 11.5 Å². The molecular formula is C12H8O5S. The summed E-state index contributed by atoms with van der Waals surface area (Å²) in [4.78, 5) is 24.2. The number of carbonyl (C=O) groups is 2. The van der Waals surface area contributed by atoms with E-state index in [2.05, 4.69) is 0 Å². The molecule has 0 radical (unpaired) electrons. The summed E-state index contributed by atoms with van der Waals surface area (Å²) in [6, 6.07) is 6.33. The Kier molecular flexibility index (Phi) is 2.18. The van der Waals surface area contributed by atoms with Gasteiger partial charge in [0.2, 0.25) is 5.78 Å². The molecule has 2 aliphatic rings. The second kappa shape index (κ2) is 3.52. The molecule has 92 valence electrons. The van der Waals surface area contributed by atoms with Gasteiger partial charge in [0.05, 0.1) is 5.75 Å². The lowest BCUT2D eigenvalue weighted by atomic mass is 9.87. The summed E-state index contributed by atoms with van der Waals surface area (Å²) in [6.07, 6.45) is 0.0244. The van der Waals surface area contributed by atoms with Crippen LogP contribution in [0.4, 0.5) is 0 Å². The third-order valence-electron chi connectivity index (χ3n) is 2.98. The SMILES string of the molecule is O=C1C2=C(OS(=O)(=O)CC2)C(=O)c2ccccc21. The van der Waals surface area contributed by atoms with E-state index in [0.717, 1.165) is 0 Å². The number of carbonyl (C=O) groups excluding carboxylic acids is 2. The van der Waals surface area contributed by atoms with Crippen molar-refractivity contribution >= 4 is 21.7 Å². The van der Waals surface area contributed by atoms with Gasteiger partial charge in [-0.2, -0.15) is 8.42 Å². The third-order valence-corrected chi connectivity index (χ3v) is 4.11. The molecule has 0 atom stereocenters. The van der Waals surface area contributed by atoms with E-state index in [1.807, 2.05) is 0 Å². The molecule has 3 rings (SSSR count). The summed E-state index contributed by atoms with van der Waals surface area (Å²) in [5, 5.41) is 0. The molecule has 1 aromatic carbocycles. The summed E-state index contributed by atoms with van der Waals surface area (Å²) < 4.78 is 27.4. The summed E-state index contributed by atoms with van der Waals surface area (Å²) in [5.41, 5.74) is 0.663. The van der Waals surface area contributed by atoms with Crippen molar-refractivity contribution in [2.45, 2.75) is 6.42 Å². The van der Waals surface area contributed by atoms with Crippen molar-refractivity contribution in [3.63, 3.8) is 0 Å². The number of benzene rings is 1. The smallest absolute Gasteiger partial charge is 0.309 e. The van der Waals surface area contributed by atoms with Crippen LogP contribution in [-0.2, 0) is 14.3 Å². The molecule has 1 aliphatic carbocycles. The van der Waals surface area contributed by atoms with Gasteiger partial charge < -0.3 is 4.18 Å². The number of hydrogen-bond donors (Lipinski definition) is 0. The van der Waals surface area contributed by atoms with Crippen molar-refractivity contribution in [2.75, 3.05) is 5.75 Å². The molecule has 0 unspecified atom stereocenters. The Morgan fingerprint density at radius 3 is 2.28 bits per heavy atom. The lowest BCUT2D eigenvalue weighted by molar-refractivity contribution is 0.0932. The van der Waals surface area contributed by atoms with E-state index in [0.29, 0.717) is 5.56 Å². The van der Waals surface area contributed by atoms with Gasteiger partial charge in [0.1, 0.15) is 0 Å². The van der Waals surface area contributed by atoms with Gasteiger partial charge in [0, 0.05) is 16.7 Å². The molecule has 0 saturated heterocycles. The van der Waals surface area contributed by atoms with Crippen LogP contribution >= 0.6 is 0 Å². The molecule has 0 spiro atoms. The normalized spacial score (nSPS) is 21.1. The quantitative estimate of drug-likeness (QED) is 0.655. The second-order valence-corrected chi connectivity index (χ2v) is 5.80. The van der Waals surface area contributed by atoms with Crippen molar-refractivity contribution in [3.05, 3.63) is 46.7 Å². The van der Waals surface area contributed by atoms with Crippen molar-refractivity contribution in [3.8, 4) is 0 Å². The van der Waals surface area contributed by atoms with Crippen LogP contribution in [-0.4, -0.2) is 25.7 Å². The molecule has 0 fully saturated rings. The van der Waals surface area contributed by atoms with Gasteiger partial charge in [-0.05, 0) is 6.42 Å². The predicted molar refractivity (Wildman–Crippen MR) is 61.6 cm³/mol. The number of ketones is 2. The molecule has 1 heterocycles. The molecule has 0 N–H and O–H groups in total. The van der Waals surface area contributed by atoms with E-state index >= 15 is 0 Å². The molecule has 1 aliphatic heterocycles. The molecule has 0 aromatic heterocycles. The number of rotatable bonds is 0. The predicted octanol–water partition coefficient (Wildman–Crippen LogP) is 1.07. The van der Waals surface area contributed by atoms with Gasteiger partial charge in [-0.1, -0.05) is 24.3 Å². The van der Waals surface area contributed by atoms with E-state index in [4.69, 9.17) is 4.18 Å². The fourth-order valence-electron chi connectivity index (χ4n) is 2.12. The zero-order valence-corrected chi connectivity index (χ0v) is 9.99. The molecule has 6 heteroatoms. The van der Waals surface area contributed by atoms with Crippen LogP contribution in [0.5, 0.6) is 0 Å². The van der Waals surface area contributed by atoms with E-state index in [1.165, 1.54) is 6.07 Å². The zero-order valence-electron chi connectivity index (χ0n) is 9.17. The maximum atomic E-state index is 12.1. The number of hydrogen-bond acceptors (Lipinski definition) is 5. The second-order valence-electron chi connectivity index (χ2n) is 4.11.